The van der Waals surface area contributed by atoms with Crippen molar-refractivity contribution in [2.45, 2.75) is 18.7 Å². The number of morpholine rings is 1. The molecule has 1 aromatic heterocycles. The van der Waals surface area contributed by atoms with E-state index in [1.165, 1.54) is 0 Å². The predicted octanol–water partition coefficient (Wildman–Crippen LogP) is 4.76. The van der Waals surface area contributed by atoms with Gasteiger partial charge in [0.1, 0.15) is 11.6 Å². The summed E-state index contributed by atoms with van der Waals surface area (Å²) >= 11 is 3.45. The van der Waals surface area contributed by atoms with Crippen LogP contribution >= 0.6 is 15.9 Å². The van der Waals surface area contributed by atoms with Crippen molar-refractivity contribution in [2.24, 2.45) is 0 Å². The molecule has 0 bridgehead atoms. The number of anilines is 5. The molecule has 1 saturated heterocycles. The van der Waals surface area contributed by atoms with Crippen LogP contribution in [-0.4, -0.2) is 57.0 Å². The molecule has 3 aromatic rings. The van der Waals surface area contributed by atoms with E-state index in [4.69, 9.17) is 9.47 Å². The molecule has 2 aromatic carbocycles. The lowest BCUT2D eigenvalue weighted by Crippen LogP contribution is -2.36. The minimum atomic E-state index is -3.41. The highest BCUT2D eigenvalue weighted by atomic mass is 79.9. The van der Waals surface area contributed by atoms with Crippen LogP contribution in [-0.2, 0) is 14.6 Å². The Balaban J connectivity index is 1.60. The fraction of sp³-hybridized carbons (Fsp3) is 0.333. The van der Waals surface area contributed by atoms with Crippen LogP contribution in [0.1, 0.15) is 13.8 Å². The number of halogens is 1. The van der Waals surface area contributed by atoms with Gasteiger partial charge in [0.2, 0.25) is 5.95 Å². The first-order valence-corrected chi connectivity index (χ1v) is 13.8. The first-order valence-electron chi connectivity index (χ1n) is 11.4. The highest BCUT2D eigenvalue weighted by Crippen LogP contribution is 2.34. The number of hydrogen-bond acceptors (Lipinski definition) is 9. The maximum absolute atomic E-state index is 12.5. The van der Waals surface area contributed by atoms with E-state index in [1.54, 1.807) is 37.4 Å². The van der Waals surface area contributed by atoms with E-state index < -0.39 is 9.84 Å². The molecular formula is C24H28BrN5O4S. The molecular weight excluding hydrogens is 534 g/mol. The summed E-state index contributed by atoms with van der Waals surface area (Å²) in [6.07, 6.45) is 1.61. The molecule has 9 nitrogen and oxygen atoms in total. The maximum Gasteiger partial charge on any atom is 0.229 e. The average molecular weight is 562 g/mol. The van der Waals surface area contributed by atoms with E-state index >= 15 is 0 Å². The Labute approximate surface area is 213 Å². The summed E-state index contributed by atoms with van der Waals surface area (Å²) in [6, 6.07) is 12.7. The summed E-state index contributed by atoms with van der Waals surface area (Å²) in [7, 11) is -3.41. The SMILES string of the molecule is CCOc1cc(N2CCOCC2)ccc1Nc1ncc(Br)c(Nc2ccccc2S(=O)(=O)CC)n1. The van der Waals surface area contributed by atoms with Crippen molar-refractivity contribution in [1.29, 1.82) is 0 Å². The smallest absolute Gasteiger partial charge is 0.229 e. The molecule has 35 heavy (non-hydrogen) atoms. The molecule has 0 saturated carbocycles. The van der Waals surface area contributed by atoms with E-state index in [9.17, 15) is 8.42 Å². The van der Waals surface area contributed by atoms with Gasteiger partial charge in [-0.1, -0.05) is 19.1 Å². The van der Waals surface area contributed by atoms with Gasteiger partial charge in [-0.3, -0.25) is 0 Å². The van der Waals surface area contributed by atoms with Crippen molar-refractivity contribution in [2.75, 3.05) is 54.2 Å². The van der Waals surface area contributed by atoms with E-state index in [2.05, 4.69) is 41.4 Å². The molecule has 0 amide bonds. The van der Waals surface area contributed by atoms with E-state index in [-0.39, 0.29) is 10.6 Å². The molecule has 11 heteroatoms. The first kappa shape index (κ1) is 25.2. The number of ether oxygens (including phenoxy) is 2. The zero-order chi connectivity index (χ0) is 24.8. The van der Waals surface area contributed by atoms with E-state index in [0.717, 1.165) is 24.5 Å². The van der Waals surface area contributed by atoms with Gasteiger partial charge in [-0.2, -0.15) is 4.98 Å². The molecule has 1 fully saturated rings. The zero-order valence-corrected chi connectivity index (χ0v) is 22.0. The monoisotopic (exact) mass is 561 g/mol. The lowest BCUT2D eigenvalue weighted by Gasteiger charge is -2.29. The van der Waals surface area contributed by atoms with Crippen molar-refractivity contribution >= 4 is 54.6 Å². The average Bonchev–Trinajstić information content (AvgIpc) is 2.88. The Morgan fingerprint density at radius 1 is 1.09 bits per heavy atom. The Morgan fingerprint density at radius 2 is 1.86 bits per heavy atom. The van der Waals surface area contributed by atoms with Gasteiger partial charge in [0.05, 0.1) is 46.3 Å². The third kappa shape index (κ3) is 6.03. The summed E-state index contributed by atoms with van der Waals surface area (Å²) < 4.78 is 37.0. The number of rotatable bonds is 9. The van der Waals surface area contributed by atoms with Crippen LogP contribution < -0.4 is 20.3 Å². The maximum atomic E-state index is 12.5. The summed E-state index contributed by atoms with van der Waals surface area (Å²) in [4.78, 5) is 11.4. The van der Waals surface area contributed by atoms with Crippen molar-refractivity contribution in [3.05, 3.63) is 53.1 Å². The topological polar surface area (TPSA) is 106 Å². The third-order valence-corrected chi connectivity index (χ3v) is 7.85. The molecule has 186 valence electrons. The molecule has 0 aliphatic carbocycles. The fourth-order valence-electron chi connectivity index (χ4n) is 3.67. The number of hydrogen-bond donors (Lipinski definition) is 2. The Bertz CT molecular complexity index is 1280. The zero-order valence-electron chi connectivity index (χ0n) is 19.6. The second-order valence-electron chi connectivity index (χ2n) is 7.75. The minimum Gasteiger partial charge on any atom is -0.492 e. The summed E-state index contributed by atoms with van der Waals surface area (Å²) in [5, 5.41) is 6.36. The van der Waals surface area contributed by atoms with Crippen molar-refractivity contribution in [3.63, 3.8) is 0 Å². The van der Waals surface area contributed by atoms with Crippen LogP contribution in [0.5, 0.6) is 5.75 Å². The molecule has 0 radical (unpaired) electrons. The number of benzene rings is 2. The first-order chi connectivity index (χ1) is 16.9. The molecule has 0 unspecified atom stereocenters. The second kappa shape index (κ2) is 11.2. The van der Waals surface area contributed by atoms with Crippen LogP contribution in [0.4, 0.5) is 28.8 Å². The summed E-state index contributed by atoms with van der Waals surface area (Å²) in [5.74, 6) is 1.47. The Hall–Kier alpha value is -2.89. The van der Waals surface area contributed by atoms with Crippen LogP contribution in [0.25, 0.3) is 0 Å². The molecule has 0 spiro atoms. The van der Waals surface area contributed by atoms with Gasteiger partial charge >= 0.3 is 0 Å². The Kier molecular flexibility index (Phi) is 8.09. The van der Waals surface area contributed by atoms with Gasteiger partial charge in [-0.05, 0) is 47.1 Å². The lowest BCUT2D eigenvalue weighted by molar-refractivity contribution is 0.122. The predicted molar refractivity (Wildman–Crippen MR) is 141 cm³/mol. The highest BCUT2D eigenvalue weighted by Gasteiger charge is 2.18. The number of para-hydroxylation sites is 1. The molecule has 1 aliphatic heterocycles. The lowest BCUT2D eigenvalue weighted by atomic mass is 10.2. The van der Waals surface area contributed by atoms with Gasteiger partial charge in [0, 0.05) is 31.0 Å². The van der Waals surface area contributed by atoms with Crippen molar-refractivity contribution < 1.29 is 17.9 Å². The van der Waals surface area contributed by atoms with Gasteiger partial charge in [0.25, 0.3) is 0 Å². The van der Waals surface area contributed by atoms with Crippen LogP contribution in [0.15, 0.2) is 58.0 Å². The third-order valence-electron chi connectivity index (χ3n) is 5.49. The molecule has 2 N–H and O–H groups in total. The van der Waals surface area contributed by atoms with Gasteiger partial charge in [-0.15, -0.1) is 0 Å². The number of nitrogens with one attached hydrogen (secondary N) is 2. The summed E-state index contributed by atoms with van der Waals surface area (Å²) in [5.41, 5.74) is 2.24. The molecule has 2 heterocycles. The van der Waals surface area contributed by atoms with Gasteiger partial charge in [0.15, 0.2) is 9.84 Å². The standard InChI is InChI=1S/C24H28BrN5O4S/c1-3-34-21-15-17(30-11-13-33-14-12-30)9-10-19(21)28-24-26-16-18(25)23(29-24)27-20-7-5-6-8-22(20)35(31,32)4-2/h5-10,15-16H,3-4,11-14H2,1-2H3,(H2,26,27,28,29). The summed E-state index contributed by atoms with van der Waals surface area (Å²) in [6.45, 7) is 7.14. The van der Waals surface area contributed by atoms with Gasteiger partial charge in [-0.25, -0.2) is 13.4 Å². The van der Waals surface area contributed by atoms with Crippen molar-refractivity contribution in [3.8, 4) is 5.75 Å². The quantitative estimate of drug-likeness (QED) is 0.382. The highest BCUT2D eigenvalue weighted by molar-refractivity contribution is 9.10. The number of nitrogens with zero attached hydrogens (tertiary/aromatic N) is 3. The Morgan fingerprint density at radius 3 is 2.60 bits per heavy atom. The number of sulfone groups is 1. The van der Waals surface area contributed by atoms with Crippen LogP contribution in [0.3, 0.4) is 0 Å². The van der Waals surface area contributed by atoms with E-state index in [1.807, 2.05) is 25.1 Å². The second-order valence-corrected chi connectivity index (χ2v) is 10.9. The molecule has 0 atom stereocenters. The molecule has 1 aliphatic rings. The largest absolute Gasteiger partial charge is 0.492 e. The van der Waals surface area contributed by atoms with Crippen molar-refractivity contribution in [1.82, 2.24) is 9.97 Å². The molecule has 4 rings (SSSR count). The fourth-order valence-corrected chi connectivity index (χ4v) is 5.01. The minimum absolute atomic E-state index is 0.00406. The van der Waals surface area contributed by atoms with Crippen LogP contribution in [0.2, 0.25) is 0 Å². The normalized spacial score (nSPS) is 14.0. The van der Waals surface area contributed by atoms with Gasteiger partial charge < -0.3 is 25.0 Å². The van der Waals surface area contributed by atoms with E-state index in [0.29, 0.717) is 47.5 Å². The van der Waals surface area contributed by atoms with Crippen LogP contribution in [0, 0.1) is 0 Å². The number of aromatic nitrogens is 2.